The van der Waals surface area contributed by atoms with Crippen LogP contribution in [0.1, 0.15) is 0 Å². The molecule has 0 N–H and O–H groups in total. The first-order chi connectivity index (χ1) is 9.34. The molecule has 2 aromatic carbocycles. The molecule has 0 spiro atoms. The van der Waals surface area contributed by atoms with Crippen LogP contribution < -0.4 is 4.85 Å². The Labute approximate surface area is 110 Å². The lowest BCUT2D eigenvalue weighted by molar-refractivity contribution is -0.657. The van der Waals surface area contributed by atoms with Gasteiger partial charge in [-0.2, -0.15) is 0 Å². The van der Waals surface area contributed by atoms with E-state index in [1.807, 2.05) is 60.7 Å². The van der Waals surface area contributed by atoms with E-state index in [0.29, 0.717) is 16.4 Å². The summed E-state index contributed by atoms with van der Waals surface area (Å²) in [7, 11) is 0. The van der Waals surface area contributed by atoms with Gasteiger partial charge in [-0.05, 0) is 17.0 Å². The van der Waals surface area contributed by atoms with Crippen molar-refractivity contribution in [2.24, 2.45) is 0 Å². The topological polar surface area (TPSA) is 52.7 Å². The van der Waals surface area contributed by atoms with Crippen LogP contribution in [0, 0.1) is 5.21 Å². The van der Waals surface area contributed by atoms with Gasteiger partial charge in [0.25, 0.3) is 5.69 Å². The highest BCUT2D eigenvalue weighted by Crippen LogP contribution is 2.16. The molecule has 0 aliphatic rings. The van der Waals surface area contributed by atoms with Crippen LogP contribution in [0.5, 0.6) is 0 Å². The molecule has 19 heavy (non-hydrogen) atoms. The van der Waals surface area contributed by atoms with Gasteiger partial charge in [0.1, 0.15) is 6.20 Å². The molecule has 0 atom stereocenters. The van der Waals surface area contributed by atoms with Crippen LogP contribution in [0.4, 0.5) is 0 Å². The zero-order valence-corrected chi connectivity index (χ0v) is 10.1. The predicted octanol–water partition coefficient (Wildman–Crippen LogP) is 2.44. The van der Waals surface area contributed by atoms with Gasteiger partial charge in [0.15, 0.2) is 0 Å². The number of aromatic nitrogens is 3. The molecule has 0 unspecified atom stereocenters. The average Bonchev–Trinajstić information content (AvgIpc) is 2.49. The third kappa shape index (κ3) is 2.28. The fourth-order valence-electron chi connectivity index (χ4n) is 1.85. The monoisotopic (exact) mass is 249 g/mol. The molecule has 0 radical (unpaired) electrons. The Morgan fingerprint density at radius 1 is 0.789 bits per heavy atom. The molecule has 1 aromatic heterocycles. The van der Waals surface area contributed by atoms with E-state index in [-0.39, 0.29) is 0 Å². The third-order valence-electron chi connectivity index (χ3n) is 2.80. The van der Waals surface area contributed by atoms with Crippen LogP contribution >= 0.6 is 0 Å². The molecule has 4 nitrogen and oxygen atoms in total. The molecule has 92 valence electrons. The van der Waals surface area contributed by atoms with Crippen molar-refractivity contribution in [2.45, 2.75) is 0 Å². The van der Waals surface area contributed by atoms with Crippen LogP contribution in [-0.2, 0) is 0 Å². The largest absolute Gasteiger partial charge is 0.594 e. The van der Waals surface area contributed by atoms with Crippen molar-refractivity contribution >= 4 is 0 Å². The summed E-state index contributed by atoms with van der Waals surface area (Å²) < 4.78 is 0. The summed E-state index contributed by atoms with van der Waals surface area (Å²) >= 11 is 0. The zero-order chi connectivity index (χ0) is 13.1. The summed E-state index contributed by atoms with van der Waals surface area (Å²) in [6.45, 7) is 0. The van der Waals surface area contributed by atoms with Gasteiger partial charge in [0, 0.05) is 10.7 Å². The molecule has 3 rings (SSSR count). The van der Waals surface area contributed by atoms with Crippen LogP contribution in [0.2, 0.25) is 0 Å². The van der Waals surface area contributed by atoms with E-state index in [0.717, 1.165) is 11.1 Å². The Morgan fingerprint density at radius 2 is 1.37 bits per heavy atom. The maximum absolute atomic E-state index is 12.0. The lowest BCUT2D eigenvalue weighted by Crippen LogP contribution is -2.34. The van der Waals surface area contributed by atoms with E-state index >= 15 is 0 Å². The van der Waals surface area contributed by atoms with Crippen molar-refractivity contribution in [3.8, 4) is 22.6 Å². The summed E-state index contributed by atoms with van der Waals surface area (Å²) in [5, 5.41) is 15.9. The second-order valence-electron chi connectivity index (χ2n) is 4.07. The molecule has 0 saturated carbocycles. The number of hydrogen-bond acceptors (Lipinski definition) is 3. The van der Waals surface area contributed by atoms with E-state index in [4.69, 9.17) is 0 Å². The van der Waals surface area contributed by atoms with Gasteiger partial charge in [0.05, 0.1) is 5.56 Å². The second-order valence-corrected chi connectivity index (χ2v) is 4.07. The molecule has 4 heteroatoms. The SMILES string of the molecule is [O-][n+]1nc(-c2ccccc2)ncc1-c1ccccc1. The highest BCUT2D eigenvalue weighted by atomic mass is 16.5. The molecular weight excluding hydrogens is 238 g/mol. The maximum atomic E-state index is 12.0. The Bertz CT molecular complexity index is 684. The fraction of sp³-hybridized carbons (Fsp3) is 0. The van der Waals surface area contributed by atoms with E-state index in [9.17, 15) is 5.21 Å². The zero-order valence-electron chi connectivity index (χ0n) is 10.1. The van der Waals surface area contributed by atoms with Gasteiger partial charge in [-0.1, -0.05) is 48.5 Å². The smallest absolute Gasteiger partial charge is 0.270 e. The van der Waals surface area contributed by atoms with Crippen LogP contribution in [0.3, 0.4) is 0 Å². The van der Waals surface area contributed by atoms with Gasteiger partial charge in [-0.15, -0.1) is 0 Å². The highest BCUT2D eigenvalue weighted by Gasteiger charge is 2.13. The van der Waals surface area contributed by atoms with Crippen LogP contribution in [-0.4, -0.2) is 10.1 Å². The first-order valence-corrected chi connectivity index (χ1v) is 5.92. The van der Waals surface area contributed by atoms with Gasteiger partial charge < -0.3 is 5.21 Å². The Morgan fingerprint density at radius 3 is 1.95 bits per heavy atom. The van der Waals surface area contributed by atoms with Crippen molar-refractivity contribution in [3.05, 3.63) is 72.1 Å². The molecule has 3 aromatic rings. The van der Waals surface area contributed by atoms with Crippen LogP contribution in [0.15, 0.2) is 66.9 Å². The number of hydrogen-bond donors (Lipinski definition) is 0. The quantitative estimate of drug-likeness (QED) is 0.517. The van der Waals surface area contributed by atoms with Gasteiger partial charge >= 0.3 is 0 Å². The fourth-order valence-corrected chi connectivity index (χ4v) is 1.85. The predicted molar refractivity (Wildman–Crippen MR) is 71.9 cm³/mol. The molecule has 1 heterocycles. The molecule has 0 aliphatic carbocycles. The van der Waals surface area contributed by atoms with Crippen molar-refractivity contribution in [1.29, 1.82) is 0 Å². The minimum Gasteiger partial charge on any atom is -0.594 e. The van der Waals surface area contributed by atoms with Gasteiger partial charge in [-0.3, -0.25) is 0 Å². The Balaban J connectivity index is 2.04. The summed E-state index contributed by atoms with van der Waals surface area (Å²) in [6.07, 6.45) is 1.55. The summed E-state index contributed by atoms with van der Waals surface area (Å²) in [5.41, 5.74) is 2.07. The van der Waals surface area contributed by atoms with Gasteiger partial charge in [0.2, 0.25) is 5.82 Å². The minimum atomic E-state index is 0.426. The van der Waals surface area contributed by atoms with Crippen molar-refractivity contribution in [1.82, 2.24) is 10.1 Å². The van der Waals surface area contributed by atoms with E-state index in [2.05, 4.69) is 10.1 Å². The van der Waals surface area contributed by atoms with Crippen molar-refractivity contribution in [3.63, 3.8) is 0 Å². The molecule has 0 aliphatic heterocycles. The maximum Gasteiger partial charge on any atom is 0.270 e. The van der Waals surface area contributed by atoms with Crippen molar-refractivity contribution in [2.75, 3.05) is 0 Å². The molecule has 0 bridgehead atoms. The standard InChI is InChI=1S/C15H11N3O/c19-18-14(12-7-3-1-4-8-12)11-16-15(17-18)13-9-5-2-6-10-13/h1-11H. The number of rotatable bonds is 2. The first-order valence-electron chi connectivity index (χ1n) is 5.92. The molecule has 0 amide bonds. The summed E-state index contributed by atoms with van der Waals surface area (Å²) in [6, 6.07) is 18.8. The minimum absolute atomic E-state index is 0.426. The van der Waals surface area contributed by atoms with E-state index in [1.54, 1.807) is 6.20 Å². The average molecular weight is 249 g/mol. The summed E-state index contributed by atoms with van der Waals surface area (Å²) in [4.78, 5) is 4.87. The summed E-state index contributed by atoms with van der Waals surface area (Å²) in [5.74, 6) is 0.426. The molecular formula is C15H11N3O. The van der Waals surface area contributed by atoms with Gasteiger partial charge in [-0.25, -0.2) is 4.98 Å². The van der Waals surface area contributed by atoms with Crippen molar-refractivity contribution < 1.29 is 4.85 Å². The number of benzene rings is 2. The molecule has 0 saturated heterocycles. The normalized spacial score (nSPS) is 10.3. The third-order valence-corrected chi connectivity index (χ3v) is 2.80. The number of nitrogens with zero attached hydrogens (tertiary/aromatic N) is 3. The lowest BCUT2D eigenvalue weighted by atomic mass is 10.2. The lowest BCUT2D eigenvalue weighted by Gasteiger charge is -2.03. The van der Waals surface area contributed by atoms with E-state index in [1.165, 1.54) is 0 Å². The Hall–Kier alpha value is -2.75. The van der Waals surface area contributed by atoms with E-state index < -0.39 is 0 Å². The second kappa shape index (κ2) is 4.86. The van der Waals surface area contributed by atoms with Crippen LogP contribution in [0.25, 0.3) is 22.6 Å². The Kier molecular flexibility index (Phi) is 2.90. The highest BCUT2D eigenvalue weighted by molar-refractivity contribution is 5.57. The first kappa shape index (κ1) is 11.3. The molecule has 0 fully saturated rings.